The summed E-state index contributed by atoms with van der Waals surface area (Å²) < 4.78 is 5.76. The Bertz CT molecular complexity index is 1360. The van der Waals surface area contributed by atoms with Crippen molar-refractivity contribution in [2.75, 3.05) is 18.1 Å². The molecule has 0 saturated heterocycles. The van der Waals surface area contributed by atoms with E-state index in [-0.39, 0.29) is 11.7 Å². The van der Waals surface area contributed by atoms with Gasteiger partial charge in [-0.1, -0.05) is 78.9 Å². The van der Waals surface area contributed by atoms with Gasteiger partial charge in [0.1, 0.15) is 16.9 Å². The van der Waals surface area contributed by atoms with E-state index in [1.165, 1.54) is 0 Å². The molecule has 6 rings (SSSR count). The monoisotopic (exact) mass is 463 g/mol. The van der Waals surface area contributed by atoms with Crippen molar-refractivity contribution in [3.05, 3.63) is 125 Å². The van der Waals surface area contributed by atoms with Gasteiger partial charge in [0.25, 0.3) is 0 Å². The molecule has 1 atom stereocenters. The number of ether oxygens (including phenoxy) is 1. The molecule has 0 aromatic heterocycles. The number of aliphatic hydroxyl groups is 1. The Labute approximate surface area is 203 Å². The van der Waals surface area contributed by atoms with Crippen molar-refractivity contribution < 1.29 is 19.7 Å². The Morgan fingerprint density at radius 2 is 1.49 bits per heavy atom. The Morgan fingerprint density at radius 3 is 2.14 bits per heavy atom. The first kappa shape index (κ1) is 21.4. The third-order valence-corrected chi connectivity index (χ3v) is 7.20. The van der Waals surface area contributed by atoms with Crippen LogP contribution >= 0.6 is 0 Å². The first-order valence-electron chi connectivity index (χ1n) is 11.8. The Kier molecular flexibility index (Phi) is 5.08. The highest BCUT2D eigenvalue weighted by molar-refractivity contribution is 6.12. The lowest BCUT2D eigenvalue weighted by atomic mass is 9.75. The van der Waals surface area contributed by atoms with Crippen molar-refractivity contribution in [2.45, 2.75) is 17.9 Å². The summed E-state index contributed by atoms with van der Waals surface area (Å²) in [5, 5.41) is 22.0. The largest absolute Gasteiger partial charge is 0.508 e. The molecule has 5 heteroatoms. The average molecular weight is 464 g/mol. The molecule has 0 aliphatic carbocycles. The predicted molar refractivity (Wildman–Crippen MR) is 134 cm³/mol. The van der Waals surface area contributed by atoms with Crippen LogP contribution in [-0.2, 0) is 16.6 Å². The lowest BCUT2D eigenvalue weighted by molar-refractivity contribution is -0.123. The lowest BCUT2D eigenvalue weighted by Gasteiger charge is -2.33. The molecule has 2 aliphatic heterocycles. The number of aromatic hydroxyl groups is 1. The van der Waals surface area contributed by atoms with Crippen molar-refractivity contribution in [1.29, 1.82) is 0 Å². The lowest BCUT2D eigenvalue weighted by Crippen LogP contribution is -2.45. The Hall–Kier alpha value is -4.09. The molecule has 1 unspecified atom stereocenters. The van der Waals surface area contributed by atoms with Gasteiger partial charge in [0.2, 0.25) is 5.91 Å². The number of para-hydroxylation sites is 1. The molecular formula is C30H25NO4. The van der Waals surface area contributed by atoms with Gasteiger partial charge in [0.15, 0.2) is 0 Å². The van der Waals surface area contributed by atoms with E-state index in [0.29, 0.717) is 35.6 Å². The standard InChI is InChI=1S/C30H25NO4/c32-19-30(24-18-27-22(15-16-35-27)17-26(24)33)23-13-7-8-14-25(23)31(29(30)34)28(20-9-3-1-4-10-20)21-11-5-2-6-12-21/h1-14,17-18,28,32-33H,15-16,19H2. The van der Waals surface area contributed by atoms with Gasteiger partial charge in [-0.2, -0.15) is 0 Å². The highest BCUT2D eigenvalue weighted by Crippen LogP contribution is 2.53. The summed E-state index contributed by atoms with van der Waals surface area (Å²) >= 11 is 0. The molecule has 0 fully saturated rings. The number of hydrogen-bond donors (Lipinski definition) is 2. The number of phenolic OH excluding ortho intramolecular Hbond substituents is 1. The van der Waals surface area contributed by atoms with Crippen molar-refractivity contribution in [3.63, 3.8) is 0 Å². The zero-order valence-electron chi connectivity index (χ0n) is 19.1. The first-order valence-corrected chi connectivity index (χ1v) is 11.8. The van der Waals surface area contributed by atoms with Gasteiger partial charge >= 0.3 is 0 Å². The van der Waals surface area contributed by atoms with Gasteiger partial charge in [-0.15, -0.1) is 0 Å². The maximum absolute atomic E-state index is 14.6. The fraction of sp³-hybridized carbons (Fsp3) is 0.167. The number of phenols is 1. The first-order chi connectivity index (χ1) is 17.1. The smallest absolute Gasteiger partial charge is 0.245 e. The van der Waals surface area contributed by atoms with Crippen molar-refractivity contribution in [3.8, 4) is 11.5 Å². The van der Waals surface area contributed by atoms with E-state index in [1.807, 2.05) is 84.9 Å². The van der Waals surface area contributed by atoms with E-state index < -0.39 is 18.1 Å². The highest BCUT2D eigenvalue weighted by atomic mass is 16.5. The molecule has 0 radical (unpaired) electrons. The summed E-state index contributed by atoms with van der Waals surface area (Å²) in [5.41, 5.74) is 3.10. The molecule has 35 heavy (non-hydrogen) atoms. The fourth-order valence-electron chi connectivity index (χ4n) is 5.54. The number of carbonyl (C=O) groups is 1. The minimum Gasteiger partial charge on any atom is -0.508 e. The molecule has 4 aromatic carbocycles. The van der Waals surface area contributed by atoms with Crippen LogP contribution in [0.25, 0.3) is 0 Å². The number of amides is 1. The highest BCUT2D eigenvalue weighted by Gasteiger charge is 2.55. The number of aliphatic hydroxyl groups excluding tert-OH is 1. The zero-order valence-corrected chi connectivity index (χ0v) is 19.1. The van der Waals surface area contributed by atoms with Crippen LogP contribution in [0.15, 0.2) is 97.1 Å². The number of benzene rings is 4. The van der Waals surface area contributed by atoms with E-state index in [0.717, 1.165) is 16.7 Å². The summed E-state index contributed by atoms with van der Waals surface area (Å²) in [6, 6.07) is 30.3. The third-order valence-electron chi connectivity index (χ3n) is 7.20. The van der Waals surface area contributed by atoms with Crippen LogP contribution in [0, 0.1) is 0 Å². The maximum atomic E-state index is 14.6. The van der Waals surface area contributed by atoms with Gasteiger partial charge in [-0.25, -0.2) is 0 Å². The predicted octanol–water partition coefficient (Wildman–Crippen LogP) is 4.74. The molecule has 5 nitrogen and oxygen atoms in total. The second-order valence-electron chi connectivity index (χ2n) is 9.06. The van der Waals surface area contributed by atoms with Crippen molar-refractivity contribution in [1.82, 2.24) is 0 Å². The number of anilines is 1. The van der Waals surface area contributed by atoms with E-state index >= 15 is 0 Å². The van der Waals surface area contributed by atoms with Crippen LogP contribution in [0.5, 0.6) is 11.5 Å². The summed E-state index contributed by atoms with van der Waals surface area (Å²) in [6.07, 6.45) is 0.704. The van der Waals surface area contributed by atoms with Gasteiger partial charge in [0, 0.05) is 23.2 Å². The molecule has 0 spiro atoms. The topological polar surface area (TPSA) is 70.0 Å². The van der Waals surface area contributed by atoms with Crippen LogP contribution in [0.3, 0.4) is 0 Å². The van der Waals surface area contributed by atoms with E-state index in [9.17, 15) is 15.0 Å². The number of carbonyl (C=O) groups excluding carboxylic acids is 1. The molecule has 0 saturated carbocycles. The third kappa shape index (κ3) is 3.16. The van der Waals surface area contributed by atoms with E-state index in [2.05, 4.69) is 0 Å². The summed E-state index contributed by atoms with van der Waals surface area (Å²) in [5.74, 6) is 0.355. The van der Waals surface area contributed by atoms with Gasteiger partial charge in [-0.05, 0) is 34.9 Å². The second kappa shape index (κ2) is 8.29. The molecular weight excluding hydrogens is 438 g/mol. The normalized spacial score (nSPS) is 18.5. The fourth-order valence-corrected chi connectivity index (χ4v) is 5.54. The zero-order chi connectivity index (χ0) is 24.0. The van der Waals surface area contributed by atoms with Crippen LogP contribution < -0.4 is 9.64 Å². The number of fused-ring (bicyclic) bond motifs is 2. The van der Waals surface area contributed by atoms with Crippen molar-refractivity contribution >= 4 is 11.6 Å². The average Bonchev–Trinajstić information content (AvgIpc) is 3.45. The maximum Gasteiger partial charge on any atom is 0.245 e. The summed E-state index contributed by atoms with van der Waals surface area (Å²) in [4.78, 5) is 16.3. The van der Waals surface area contributed by atoms with Crippen LogP contribution in [0.2, 0.25) is 0 Å². The Morgan fingerprint density at radius 1 is 0.857 bits per heavy atom. The van der Waals surface area contributed by atoms with Crippen LogP contribution in [-0.4, -0.2) is 29.3 Å². The van der Waals surface area contributed by atoms with Gasteiger partial charge < -0.3 is 14.9 Å². The van der Waals surface area contributed by atoms with Crippen LogP contribution in [0.1, 0.15) is 33.9 Å². The molecule has 0 bridgehead atoms. The Balaban J connectivity index is 1.60. The number of hydrogen-bond acceptors (Lipinski definition) is 4. The molecule has 4 aromatic rings. The van der Waals surface area contributed by atoms with Gasteiger partial charge in [0.05, 0.1) is 19.3 Å². The van der Waals surface area contributed by atoms with Crippen LogP contribution in [0.4, 0.5) is 5.69 Å². The SMILES string of the molecule is O=C1N(C(c2ccccc2)c2ccccc2)c2ccccc2C1(CO)c1cc2c(cc1O)CCO2. The summed E-state index contributed by atoms with van der Waals surface area (Å²) in [6.45, 7) is 0.0487. The minimum atomic E-state index is -1.45. The number of nitrogens with zero attached hydrogens (tertiary/aromatic N) is 1. The summed E-state index contributed by atoms with van der Waals surface area (Å²) in [7, 11) is 0. The van der Waals surface area contributed by atoms with E-state index in [1.54, 1.807) is 17.0 Å². The molecule has 2 N–H and O–H groups in total. The van der Waals surface area contributed by atoms with E-state index in [4.69, 9.17) is 4.74 Å². The molecule has 174 valence electrons. The van der Waals surface area contributed by atoms with Gasteiger partial charge in [-0.3, -0.25) is 9.69 Å². The molecule has 2 heterocycles. The molecule has 1 amide bonds. The molecule has 2 aliphatic rings. The van der Waals surface area contributed by atoms with Crippen molar-refractivity contribution in [2.24, 2.45) is 0 Å². The minimum absolute atomic E-state index is 0.00993. The second-order valence-corrected chi connectivity index (χ2v) is 9.06. The quantitative estimate of drug-likeness (QED) is 0.449. The number of rotatable bonds is 5.